The maximum atomic E-state index is 12.3. The predicted octanol–water partition coefficient (Wildman–Crippen LogP) is 3.11. The van der Waals surface area contributed by atoms with Crippen LogP contribution in [0, 0.1) is 11.8 Å². The number of benzene rings is 2. The van der Waals surface area contributed by atoms with Crippen molar-refractivity contribution in [3.63, 3.8) is 0 Å². The summed E-state index contributed by atoms with van der Waals surface area (Å²) in [5.74, 6) is 3.08. The largest absolute Gasteiger partial charge is 0.465 e. The zero-order chi connectivity index (χ0) is 18.2. The summed E-state index contributed by atoms with van der Waals surface area (Å²) >= 11 is 0. The number of carbonyl (C=O) groups is 1. The van der Waals surface area contributed by atoms with Crippen LogP contribution in [0.15, 0.2) is 36.4 Å². The van der Waals surface area contributed by atoms with Crippen LogP contribution in [0.5, 0.6) is 23.0 Å². The van der Waals surface area contributed by atoms with Crippen LogP contribution in [0.1, 0.15) is 17.5 Å². The van der Waals surface area contributed by atoms with Crippen molar-refractivity contribution in [3.05, 3.63) is 47.5 Å². The van der Waals surface area contributed by atoms with E-state index in [1.54, 1.807) is 0 Å². The molecule has 3 heterocycles. The van der Waals surface area contributed by atoms with Crippen LogP contribution in [0.2, 0.25) is 0 Å². The highest BCUT2D eigenvalue weighted by Gasteiger charge is 2.36. The lowest BCUT2D eigenvalue weighted by Crippen LogP contribution is -2.19. The average molecular weight is 368 g/mol. The predicted molar refractivity (Wildman–Crippen MR) is 95.1 cm³/mol. The third-order valence-corrected chi connectivity index (χ3v) is 5.43. The molecule has 3 aliphatic rings. The molecule has 27 heavy (non-hydrogen) atoms. The lowest BCUT2D eigenvalue weighted by molar-refractivity contribution is -0.141. The van der Waals surface area contributed by atoms with Gasteiger partial charge < -0.3 is 23.7 Å². The number of esters is 1. The number of rotatable bonds is 5. The van der Waals surface area contributed by atoms with E-state index in [0.29, 0.717) is 6.61 Å². The van der Waals surface area contributed by atoms with Gasteiger partial charge in [-0.05, 0) is 54.7 Å². The third kappa shape index (κ3) is 3.16. The van der Waals surface area contributed by atoms with Crippen LogP contribution in [-0.2, 0) is 22.4 Å². The molecule has 2 unspecified atom stereocenters. The zero-order valence-electron chi connectivity index (χ0n) is 14.8. The Kier molecular flexibility index (Phi) is 4.03. The summed E-state index contributed by atoms with van der Waals surface area (Å²) in [5, 5.41) is 0. The van der Waals surface area contributed by atoms with Gasteiger partial charge in [-0.1, -0.05) is 12.1 Å². The van der Waals surface area contributed by atoms with Gasteiger partial charge in [0.1, 0.15) is 0 Å². The first-order valence-electron chi connectivity index (χ1n) is 9.20. The van der Waals surface area contributed by atoms with Gasteiger partial charge in [0, 0.05) is 5.92 Å². The van der Waals surface area contributed by atoms with Crippen LogP contribution in [0.3, 0.4) is 0 Å². The Morgan fingerprint density at radius 1 is 0.778 bits per heavy atom. The van der Waals surface area contributed by atoms with E-state index in [-0.39, 0.29) is 31.4 Å². The third-order valence-electron chi connectivity index (χ3n) is 5.43. The first-order valence-corrected chi connectivity index (χ1v) is 9.20. The van der Waals surface area contributed by atoms with E-state index < -0.39 is 0 Å². The molecule has 3 aliphatic heterocycles. The fourth-order valence-corrected chi connectivity index (χ4v) is 3.95. The normalized spacial score (nSPS) is 22.1. The molecular formula is C21H20O6. The molecule has 0 N–H and O–H groups in total. The molecule has 6 heteroatoms. The molecule has 0 bridgehead atoms. The van der Waals surface area contributed by atoms with Gasteiger partial charge in [0.15, 0.2) is 23.0 Å². The van der Waals surface area contributed by atoms with Crippen LogP contribution < -0.4 is 18.9 Å². The van der Waals surface area contributed by atoms with E-state index in [9.17, 15) is 4.79 Å². The Hall–Kier alpha value is -2.89. The summed E-state index contributed by atoms with van der Waals surface area (Å²) in [5.41, 5.74) is 2.27. The van der Waals surface area contributed by atoms with Crippen molar-refractivity contribution < 1.29 is 28.5 Å². The van der Waals surface area contributed by atoms with Gasteiger partial charge in [0.25, 0.3) is 0 Å². The number of aryl methyl sites for hydroxylation is 1. The minimum Gasteiger partial charge on any atom is -0.465 e. The van der Waals surface area contributed by atoms with E-state index in [4.69, 9.17) is 23.7 Å². The Bertz CT molecular complexity index is 877. The minimum absolute atomic E-state index is 0.0958. The molecule has 1 fully saturated rings. The van der Waals surface area contributed by atoms with E-state index in [1.807, 2.05) is 36.4 Å². The number of ether oxygens (including phenoxy) is 5. The highest BCUT2D eigenvalue weighted by Crippen LogP contribution is 2.36. The van der Waals surface area contributed by atoms with Gasteiger partial charge in [-0.15, -0.1) is 0 Å². The SMILES string of the molecule is O=C1OCC(Cc2ccc3c(c2)OCO3)C1CCc1ccc2c(c1)OCO2. The first kappa shape index (κ1) is 16.3. The Morgan fingerprint density at radius 3 is 2.15 bits per heavy atom. The average Bonchev–Trinajstić information content (AvgIpc) is 3.40. The number of carbonyl (C=O) groups excluding carboxylic acids is 1. The molecule has 0 saturated carbocycles. The van der Waals surface area contributed by atoms with E-state index in [1.165, 1.54) is 0 Å². The molecule has 0 aromatic heterocycles. The van der Waals surface area contributed by atoms with Gasteiger partial charge in [-0.3, -0.25) is 4.79 Å². The van der Waals surface area contributed by atoms with Crippen molar-refractivity contribution >= 4 is 5.97 Å². The molecule has 2 aromatic rings. The molecule has 0 aliphatic carbocycles. The molecule has 2 aromatic carbocycles. The van der Waals surface area contributed by atoms with Crippen molar-refractivity contribution in [2.75, 3.05) is 20.2 Å². The van der Waals surface area contributed by atoms with Crippen LogP contribution >= 0.6 is 0 Å². The summed E-state index contributed by atoms with van der Waals surface area (Å²) in [6, 6.07) is 11.9. The van der Waals surface area contributed by atoms with Crippen molar-refractivity contribution in [2.45, 2.75) is 19.3 Å². The summed E-state index contributed by atoms with van der Waals surface area (Å²) in [7, 11) is 0. The van der Waals surface area contributed by atoms with Gasteiger partial charge in [0.05, 0.1) is 12.5 Å². The van der Waals surface area contributed by atoms with Gasteiger partial charge in [0.2, 0.25) is 13.6 Å². The maximum absolute atomic E-state index is 12.3. The smallest absolute Gasteiger partial charge is 0.309 e. The quantitative estimate of drug-likeness (QED) is 0.756. The molecule has 0 radical (unpaired) electrons. The number of hydrogen-bond donors (Lipinski definition) is 0. The first-order chi connectivity index (χ1) is 13.3. The van der Waals surface area contributed by atoms with E-state index in [2.05, 4.69) is 0 Å². The van der Waals surface area contributed by atoms with Crippen molar-refractivity contribution in [1.82, 2.24) is 0 Å². The molecular weight excluding hydrogens is 348 g/mol. The summed E-state index contributed by atoms with van der Waals surface area (Å²) < 4.78 is 27.0. The fourth-order valence-electron chi connectivity index (χ4n) is 3.95. The monoisotopic (exact) mass is 368 g/mol. The van der Waals surface area contributed by atoms with Gasteiger partial charge in [-0.25, -0.2) is 0 Å². The Labute approximate surface area is 156 Å². The fraction of sp³-hybridized carbons (Fsp3) is 0.381. The summed E-state index contributed by atoms with van der Waals surface area (Å²) in [6.45, 7) is 1.01. The number of hydrogen-bond acceptors (Lipinski definition) is 6. The van der Waals surface area contributed by atoms with E-state index >= 15 is 0 Å². The van der Waals surface area contributed by atoms with Crippen LogP contribution in [0.4, 0.5) is 0 Å². The lowest BCUT2D eigenvalue weighted by Gasteiger charge is -2.15. The van der Waals surface area contributed by atoms with Crippen molar-refractivity contribution in [2.24, 2.45) is 11.8 Å². The molecule has 6 nitrogen and oxygen atoms in total. The molecule has 0 spiro atoms. The minimum atomic E-state index is -0.0964. The highest BCUT2D eigenvalue weighted by molar-refractivity contribution is 5.74. The van der Waals surface area contributed by atoms with E-state index in [0.717, 1.165) is 53.4 Å². The van der Waals surface area contributed by atoms with Crippen molar-refractivity contribution in [1.29, 1.82) is 0 Å². The number of fused-ring (bicyclic) bond motifs is 2. The molecule has 2 atom stereocenters. The van der Waals surface area contributed by atoms with Crippen LogP contribution in [-0.4, -0.2) is 26.2 Å². The number of cyclic esters (lactones) is 1. The molecule has 5 rings (SSSR count). The lowest BCUT2D eigenvalue weighted by atomic mass is 9.85. The summed E-state index contributed by atoms with van der Waals surface area (Å²) in [6.07, 6.45) is 2.34. The second-order valence-electron chi connectivity index (χ2n) is 7.11. The van der Waals surface area contributed by atoms with Crippen molar-refractivity contribution in [3.8, 4) is 23.0 Å². The van der Waals surface area contributed by atoms with Crippen LogP contribution in [0.25, 0.3) is 0 Å². The Morgan fingerprint density at radius 2 is 1.41 bits per heavy atom. The zero-order valence-corrected chi connectivity index (χ0v) is 14.8. The standard InChI is InChI=1S/C21H20O6/c22-21-16(4-1-13-2-5-17-19(8-13)26-11-24-17)15(10-23-21)7-14-3-6-18-20(9-14)27-12-25-18/h2-3,5-6,8-9,15-16H,1,4,7,10-12H2. The second-order valence-corrected chi connectivity index (χ2v) is 7.11. The maximum Gasteiger partial charge on any atom is 0.309 e. The second kappa shape index (κ2) is 6.68. The highest BCUT2D eigenvalue weighted by atomic mass is 16.7. The van der Waals surface area contributed by atoms with Gasteiger partial charge >= 0.3 is 5.97 Å². The summed E-state index contributed by atoms with van der Waals surface area (Å²) in [4.78, 5) is 12.3. The van der Waals surface area contributed by atoms with Gasteiger partial charge in [-0.2, -0.15) is 0 Å². The topological polar surface area (TPSA) is 63.2 Å². The molecule has 1 saturated heterocycles. The molecule has 0 amide bonds. The molecule has 140 valence electrons. The Balaban J connectivity index is 1.26.